The van der Waals surface area contributed by atoms with Gasteiger partial charge in [-0.05, 0) is 41.7 Å². The monoisotopic (exact) mass is 283 g/mol. The van der Waals surface area contributed by atoms with Gasteiger partial charge in [-0.1, -0.05) is 50.2 Å². The lowest BCUT2D eigenvalue weighted by Gasteiger charge is -2.23. The average Bonchev–Trinajstić information content (AvgIpc) is 2.47. The smallest absolute Gasteiger partial charge is 0.0964 e. The Hall–Kier alpha value is -1.80. The van der Waals surface area contributed by atoms with Gasteiger partial charge < -0.3 is 10.0 Å². The van der Waals surface area contributed by atoms with Gasteiger partial charge in [-0.15, -0.1) is 0 Å². The van der Waals surface area contributed by atoms with E-state index in [1.807, 2.05) is 25.2 Å². The van der Waals surface area contributed by atoms with Crippen LogP contribution in [0.15, 0.2) is 48.5 Å². The topological polar surface area (TPSA) is 23.5 Å². The minimum Gasteiger partial charge on any atom is -0.387 e. The van der Waals surface area contributed by atoms with Crippen molar-refractivity contribution in [2.45, 2.75) is 32.8 Å². The van der Waals surface area contributed by atoms with Gasteiger partial charge in [0.25, 0.3) is 0 Å². The molecule has 2 aromatic rings. The summed E-state index contributed by atoms with van der Waals surface area (Å²) >= 11 is 0. The van der Waals surface area contributed by atoms with Crippen molar-refractivity contribution in [3.8, 4) is 0 Å². The zero-order valence-electron chi connectivity index (χ0n) is 13.4. The molecule has 0 aromatic heterocycles. The molecule has 0 amide bonds. The van der Waals surface area contributed by atoms with E-state index in [2.05, 4.69) is 56.0 Å². The number of anilines is 1. The van der Waals surface area contributed by atoms with Crippen LogP contribution in [0.2, 0.25) is 0 Å². The SMILES string of the molecule is Cc1cccc(N(C)CC(O)c2ccc(C(C)C)cc2)c1. The van der Waals surface area contributed by atoms with E-state index >= 15 is 0 Å². The van der Waals surface area contributed by atoms with Gasteiger partial charge in [0.2, 0.25) is 0 Å². The van der Waals surface area contributed by atoms with Crippen molar-refractivity contribution in [2.75, 3.05) is 18.5 Å². The molecule has 2 nitrogen and oxygen atoms in total. The zero-order valence-corrected chi connectivity index (χ0v) is 13.4. The number of hydrogen-bond donors (Lipinski definition) is 1. The lowest BCUT2D eigenvalue weighted by atomic mass is 10.00. The molecule has 2 rings (SSSR count). The predicted molar refractivity (Wildman–Crippen MR) is 89.9 cm³/mol. The van der Waals surface area contributed by atoms with Crippen molar-refractivity contribution in [1.29, 1.82) is 0 Å². The Morgan fingerprint density at radius 3 is 2.19 bits per heavy atom. The largest absolute Gasteiger partial charge is 0.387 e. The number of aliphatic hydroxyl groups excluding tert-OH is 1. The van der Waals surface area contributed by atoms with E-state index in [4.69, 9.17) is 0 Å². The number of nitrogens with zero attached hydrogens (tertiary/aromatic N) is 1. The molecule has 0 aliphatic heterocycles. The molecule has 0 radical (unpaired) electrons. The minimum absolute atomic E-state index is 0.475. The van der Waals surface area contributed by atoms with Gasteiger partial charge in [-0.25, -0.2) is 0 Å². The van der Waals surface area contributed by atoms with E-state index in [-0.39, 0.29) is 0 Å². The third-order valence-electron chi connectivity index (χ3n) is 3.88. The van der Waals surface area contributed by atoms with Gasteiger partial charge in [-0.2, -0.15) is 0 Å². The predicted octanol–water partition coefficient (Wildman–Crippen LogP) is 4.29. The number of hydrogen-bond acceptors (Lipinski definition) is 2. The highest BCUT2D eigenvalue weighted by Crippen LogP contribution is 2.21. The number of aryl methyl sites for hydroxylation is 1. The van der Waals surface area contributed by atoms with Crippen molar-refractivity contribution in [3.63, 3.8) is 0 Å². The van der Waals surface area contributed by atoms with Crippen LogP contribution in [0.4, 0.5) is 5.69 Å². The van der Waals surface area contributed by atoms with Crippen LogP contribution in [0.5, 0.6) is 0 Å². The van der Waals surface area contributed by atoms with Crippen LogP contribution >= 0.6 is 0 Å². The molecule has 0 aliphatic rings. The Morgan fingerprint density at radius 2 is 1.62 bits per heavy atom. The third-order valence-corrected chi connectivity index (χ3v) is 3.88. The van der Waals surface area contributed by atoms with Crippen LogP contribution in [0.3, 0.4) is 0 Å². The summed E-state index contributed by atoms with van der Waals surface area (Å²) < 4.78 is 0. The van der Waals surface area contributed by atoms with Crippen LogP contribution in [0.1, 0.15) is 42.6 Å². The van der Waals surface area contributed by atoms with Gasteiger partial charge in [-0.3, -0.25) is 0 Å². The molecule has 0 spiro atoms. The van der Waals surface area contributed by atoms with Crippen molar-refractivity contribution in [2.24, 2.45) is 0 Å². The van der Waals surface area contributed by atoms with E-state index in [9.17, 15) is 5.11 Å². The second-order valence-electron chi connectivity index (χ2n) is 6.06. The minimum atomic E-state index is -0.475. The Kier molecular flexibility index (Phi) is 5.03. The molecule has 2 heteroatoms. The van der Waals surface area contributed by atoms with Crippen LogP contribution in [0, 0.1) is 6.92 Å². The summed E-state index contributed by atoms with van der Waals surface area (Å²) in [4.78, 5) is 2.09. The number of rotatable bonds is 5. The molecule has 0 aliphatic carbocycles. The maximum Gasteiger partial charge on any atom is 0.0964 e. The first-order valence-electron chi connectivity index (χ1n) is 7.53. The van der Waals surface area contributed by atoms with E-state index in [0.29, 0.717) is 12.5 Å². The molecular formula is C19H25NO. The Balaban J connectivity index is 2.05. The number of aliphatic hydroxyl groups is 1. The lowest BCUT2D eigenvalue weighted by molar-refractivity contribution is 0.185. The van der Waals surface area contributed by atoms with Crippen LogP contribution in [0.25, 0.3) is 0 Å². The quantitative estimate of drug-likeness (QED) is 0.885. The van der Waals surface area contributed by atoms with Crippen molar-refractivity contribution in [3.05, 3.63) is 65.2 Å². The highest BCUT2D eigenvalue weighted by molar-refractivity contribution is 5.48. The molecule has 0 saturated carbocycles. The molecule has 0 fully saturated rings. The summed E-state index contributed by atoms with van der Waals surface area (Å²) in [6, 6.07) is 16.6. The molecule has 112 valence electrons. The molecule has 21 heavy (non-hydrogen) atoms. The maximum atomic E-state index is 10.4. The van der Waals surface area contributed by atoms with Crippen molar-refractivity contribution >= 4 is 5.69 Å². The van der Waals surface area contributed by atoms with E-state index < -0.39 is 6.10 Å². The first kappa shape index (κ1) is 15.6. The van der Waals surface area contributed by atoms with Crippen LogP contribution in [-0.4, -0.2) is 18.7 Å². The third kappa shape index (κ3) is 4.08. The molecular weight excluding hydrogens is 258 g/mol. The zero-order chi connectivity index (χ0) is 15.4. The molecule has 0 heterocycles. The first-order chi connectivity index (χ1) is 9.97. The summed E-state index contributed by atoms with van der Waals surface area (Å²) in [5.74, 6) is 0.520. The summed E-state index contributed by atoms with van der Waals surface area (Å²) in [5.41, 5.74) is 4.64. The summed E-state index contributed by atoms with van der Waals surface area (Å²) in [5, 5.41) is 10.4. The van der Waals surface area contributed by atoms with Gasteiger partial charge >= 0.3 is 0 Å². The Bertz CT molecular complexity index is 574. The van der Waals surface area contributed by atoms with E-state index in [1.54, 1.807) is 0 Å². The van der Waals surface area contributed by atoms with E-state index in [1.165, 1.54) is 11.1 Å². The lowest BCUT2D eigenvalue weighted by Crippen LogP contribution is -2.24. The summed E-state index contributed by atoms with van der Waals surface area (Å²) in [6.45, 7) is 7.02. The normalized spacial score (nSPS) is 12.5. The first-order valence-corrected chi connectivity index (χ1v) is 7.53. The fraction of sp³-hybridized carbons (Fsp3) is 0.368. The number of likely N-dealkylation sites (N-methyl/N-ethyl adjacent to an activating group) is 1. The summed E-state index contributed by atoms with van der Waals surface area (Å²) in [7, 11) is 2.01. The highest BCUT2D eigenvalue weighted by Gasteiger charge is 2.12. The average molecular weight is 283 g/mol. The highest BCUT2D eigenvalue weighted by atomic mass is 16.3. The molecule has 0 bridgehead atoms. The number of benzene rings is 2. The van der Waals surface area contributed by atoms with Gasteiger partial charge in [0.1, 0.15) is 0 Å². The fourth-order valence-corrected chi connectivity index (χ4v) is 2.44. The maximum absolute atomic E-state index is 10.4. The van der Waals surface area contributed by atoms with Crippen LogP contribution < -0.4 is 4.90 Å². The molecule has 0 saturated heterocycles. The molecule has 1 N–H and O–H groups in total. The molecule has 2 aromatic carbocycles. The van der Waals surface area contributed by atoms with Gasteiger partial charge in [0.15, 0.2) is 0 Å². The Morgan fingerprint density at radius 1 is 1.00 bits per heavy atom. The van der Waals surface area contributed by atoms with Gasteiger partial charge in [0.05, 0.1) is 6.10 Å². The van der Waals surface area contributed by atoms with Gasteiger partial charge in [0, 0.05) is 19.3 Å². The molecule has 1 atom stereocenters. The van der Waals surface area contributed by atoms with Crippen LogP contribution in [-0.2, 0) is 0 Å². The fourth-order valence-electron chi connectivity index (χ4n) is 2.44. The standard InChI is InChI=1S/C19H25NO/c1-14(2)16-8-10-17(11-9-16)19(21)13-20(4)18-7-5-6-15(3)12-18/h5-12,14,19,21H,13H2,1-4H3. The molecule has 1 unspecified atom stereocenters. The Labute approximate surface area is 128 Å². The summed E-state index contributed by atoms with van der Waals surface area (Å²) in [6.07, 6.45) is -0.475. The van der Waals surface area contributed by atoms with Crippen molar-refractivity contribution < 1.29 is 5.11 Å². The second-order valence-corrected chi connectivity index (χ2v) is 6.06. The van der Waals surface area contributed by atoms with E-state index in [0.717, 1.165) is 11.3 Å². The van der Waals surface area contributed by atoms with Crippen molar-refractivity contribution in [1.82, 2.24) is 0 Å². The second kappa shape index (κ2) is 6.77.